The Kier molecular flexibility index (Phi) is 4.21. The smallest absolute Gasteiger partial charge is 0.259 e. The fraction of sp³-hybridized carbons (Fsp3) is 0.235. The number of amides is 1. The number of carbonyl (C=O) groups excluding carboxylic acids is 1. The van der Waals surface area contributed by atoms with Crippen LogP contribution in [0.4, 0.5) is 5.13 Å². The van der Waals surface area contributed by atoms with Gasteiger partial charge in [-0.2, -0.15) is 0 Å². The van der Waals surface area contributed by atoms with Crippen LogP contribution in [-0.2, 0) is 11.3 Å². The number of fused-ring (bicyclic) bond motifs is 1. The van der Waals surface area contributed by atoms with E-state index >= 15 is 0 Å². The van der Waals surface area contributed by atoms with E-state index in [1.807, 2.05) is 24.3 Å². The van der Waals surface area contributed by atoms with Gasteiger partial charge in [0.1, 0.15) is 0 Å². The lowest BCUT2D eigenvalue weighted by molar-refractivity contribution is -0.133. The average molecular weight is 343 g/mol. The van der Waals surface area contributed by atoms with Gasteiger partial charge in [-0.05, 0) is 32.0 Å². The van der Waals surface area contributed by atoms with Gasteiger partial charge in [0.25, 0.3) is 11.5 Å². The summed E-state index contributed by atoms with van der Waals surface area (Å²) in [5.41, 5.74) is -0.542. The van der Waals surface area contributed by atoms with Crippen molar-refractivity contribution < 1.29 is 9.90 Å². The summed E-state index contributed by atoms with van der Waals surface area (Å²) in [6.45, 7) is 3.01. The minimum Gasteiger partial charge on any atom is -0.378 e. The molecule has 6 nitrogen and oxygen atoms in total. The van der Waals surface area contributed by atoms with Crippen LogP contribution in [0, 0.1) is 6.92 Å². The number of thiazole rings is 1. The summed E-state index contributed by atoms with van der Waals surface area (Å²) < 4.78 is 2.32. The molecule has 1 amide bonds. The van der Waals surface area contributed by atoms with Crippen molar-refractivity contribution in [2.45, 2.75) is 26.0 Å². The van der Waals surface area contributed by atoms with Crippen molar-refractivity contribution in [2.24, 2.45) is 0 Å². The van der Waals surface area contributed by atoms with E-state index in [1.165, 1.54) is 28.9 Å². The molecule has 0 aliphatic rings. The Hall–Kier alpha value is -2.51. The first-order chi connectivity index (χ1) is 11.4. The quantitative estimate of drug-likeness (QED) is 0.760. The van der Waals surface area contributed by atoms with Crippen LogP contribution >= 0.6 is 11.3 Å². The van der Waals surface area contributed by atoms with Gasteiger partial charge >= 0.3 is 0 Å². The zero-order valence-corrected chi connectivity index (χ0v) is 14.1. The Bertz CT molecular complexity index is 926. The lowest BCUT2D eigenvalue weighted by atomic mass is 10.1. The van der Waals surface area contributed by atoms with Gasteiger partial charge in [-0.1, -0.05) is 29.5 Å². The summed E-state index contributed by atoms with van der Waals surface area (Å²) in [5, 5.41) is 13.6. The first-order valence-electron chi connectivity index (χ1n) is 7.43. The van der Waals surface area contributed by atoms with E-state index in [9.17, 15) is 14.7 Å². The lowest BCUT2D eigenvalue weighted by Crippen LogP contribution is -2.46. The molecule has 3 rings (SSSR count). The number of aryl methyl sites for hydroxylation is 1. The molecule has 0 radical (unpaired) electrons. The molecule has 2 heterocycles. The van der Waals surface area contributed by atoms with Crippen LogP contribution < -0.4 is 10.9 Å². The number of hydrogen-bond acceptors (Lipinski definition) is 5. The van der Waals surface area contributed by atoms with Crippen LogP contribution in [0.5, 0.6) is 0 Å². The number of pyridine rings is 1. The minimum absolute atomic E-state index is 0.130. The highest BCUT2D eigenvalue weighted by molar-refractivity contribution is 7.22. The summed E-state index contributed by atoms with van der Waals surface area (Å²) in [4.78, 5) is 28.7. The Morgan fingerprint density at radius 1 is 1.29 bits per heavy atom. The zero-order chi connectivity index (χ0) is 17.3. The van der Waals surface area contributed by atoms with Crippen LogP contribution in [0.1, 0.15) is 12.6 Å². The second-order valence-corrected chi connectivity index (χ2v) is 6.84. The van der Waals surface area contributed by atoms with Crippen molar-refractivity contribution in [1.82, 2.24) is 9.55 Å². The topological polar surface area (TPSA) is 84.2 Å². The van der Waals surface area contributed by atoms with Crippen LogP contribution in [0.25, 0.3) is 10.2 Å². The number of aliphatic hydroxyl groups is 1. The monoisotopic (exact) mass is 343 g/mol. The Morgan fingerprint density at radius 2 is 2.04 bits per heavy atom. The summed E-state index contributed by atoms with van der Waals surface area (Å²) >= 11 is 1.33. The van der Waals surface area contributed by atoms with Gasteiger partial charge in [0, 0.05) is 11.8 Å². The summed E-state index contributed by atoms with van der Waals surface area (Å²) in [7, 11) is 0. The molecule has 1 atom stereocenters. The fourth-order valence-electron chi connectivity index (χ4n) is 2.36. The number of hydrogen-bond donors (Lipinski definition) is 2. The summed E-state index contributed by atoms with van der Waals surface area (Å²) in [5.74, 6) is -0.600. The Labute approximate surface area is 142 Å². The maximum absolute atomic E-state index is 12.4. The molecule has 1 aromatic carbocycles. The molecule has 0 bridgehead atoms. The number of rotatable bonds is 4. The SMILES string of the molecule is Cc1cccc(=O)n1CC(C)(O)C(=O)Nc1nc2ccccc2s1. The highest BCUT2D eigenvalue weighted by Crippen LogP contribution is 2.26. The van der Waals surface area contributed by atoms with E-state index in [2.05, 4.69) is 10.3 Å². The molecular weight excluding hydrogens is 326 g/mol. The standard InChI is InChI=1S/C17H17N3O3S/c1-11-6-5-9-14(21)20(11)10-17(2,23)15(22)19-16-18-12-7-3-4-8-13(12)24-16/h3-9,23H,10H2,1-2H3,(H,18,19,22). The number of nitrogens with one attached hydrogen (secondary N) is 1. The second-order valence-electron chi connectivity index (χ2n) is 5.81. The Balaban J connectivity index is 1.81. The second kappa shape index (κ2) is 6.18. The van der Waals surface area contributed by atoms with Crippen LogP contribution in [-0.4, -0.2) is 26.2 Å². The number of para-hydroxylation sites is 1. The highest BCUT2D eigenvalue weighted by Gasteiger charge is 2.32. The first kappa shape index (κ1) is 16.4. The van der Waals surface area contributed by atoms with Crippen LogP contribution in [0.3, 0.4) is 0 Å². The van der Waals surface area contributed by atoms with Crippen molar-refractivity contribution in [3.8, 4) is 0 Å². The van der Waals surface area contributed by atoms with Gasteiger partial charge in [-0.15, -0.1) is 0 Å². The van der Waals surface area contributed by atoms with Crippen LogP contribution in [0.15, 0.2) is 47.3 Å². The highest BCUT2D eigenvalue weighted by atomic mass is 32.1. The molecule has 0 fully saturated rings. The van der Waals surface area contributed by atoms with Crippen molar-refractivity contribution in [3.05, 3.63) is 58.5 Å². The molecular formula is C17H17N3O3S. The van der Waals surface area contributed by atoms with Crippen molar-refractivity contribution in [1.29, 1.82) is 0 Å². The van der Waals surface area contributed by atoms with Gasteiger partial charge in [-0.3, -0.25) is 14.9 Å². The maximum Gasteiger partial charge on any atom is 0.259 e. The number of anilines is 1. The van der Waals surface area contributed by atoms with E-state index in [1.54, 1.807) is 19.1 Å². The largest absolute Gasteiger partial charge is 0.378 e. The van der Waals surface area contributed by atoms with Crippen molar-refractivity contribution in [3.63, 3.8) is 0 Å². The molecule has 0 saturated carbocycles. The van der Waals surface area contributed by atoms with Gasteiger partial charge < -0.3 is 9.67 Å². The van der Waals surface area contributed by atoms with E-state index < -0.39 is 11.5 Å². The fourth-order valence-corrected chi connectivity index (χ4v) is 3.22. The number of carbonyl (C=O) groups is 1. The van der Waals surface area contributed by atoms with E-state index in [4.69, 9.17) is 0 Å². The van der Waals surface area contributed by atoms with Gasteiger partial charge in [-0.25, -0.2) is 4.98 Å². The molecule has 0 aliphatic heterocycles. The number of benzene rings is 1. The molecule has 0 saturated heterocycles. The third-order valence-corrected chi connectivity index (χ3v) is 4.69. The molecule has 2 aromatic heterocycles. The summed E-state index contributed by atoms with van der Waals surface area (Å²) in [6, 6.07) is 12.3. The Morgan fingerprint density at radius 3 is 2.75 bits per heavy atom. The molecule has 0 aliphatic carbocycles. The third-order valence-electron chi connectivity index (χ3n) is 3.74. The van der Waals surface area contributed by atoms with Crippen molar-refractivity contribution >= 4 is 32.6 Å². The predicted molar refractivity (Wildman–Crippen MR) is 94.3 cm³/mol. The van der Waals surface area contributed by atoms with Crippen molar-refractivity contribution in [2.75, 3.05) is 5.32 Å². The molecule has 0 spiro atoms. The lowest BCUT2D eigenvalue weighted by Gasteiger charge is -2.23. The maximum atomic E-state index is 12.4. The molecule has 3 aromatic rings. The number of nitrogens with zero attached hydrogens (tertiary/aromatic N) is 2. The molecule has 24 heavy (non-hydrogen) atoms. The predicted octanol–water partition coefficient (Wildman–Crippen LogP) is 2.16. The minimum atomic E-state index is -1.74. The van der Waals surface area contributed by atoms with Gasteiger partial charge in [0.15, 0.2) is 10.7 Å². The molecule has 124 valence electrons. The number of aromatic nitrogens is 2. The van der Waals surface area contributed by atoms with Crippen LogP contribution in [0.2, 0.25) is 0 Å². The molecule has 1 unspecified atom stereocenters. The third kappa shape index (κ3) is 3.22. The normalized spacial score (nSPS) is 13.6. The van der Waals surface area contributed by atoms with Gasteiger partial charge in [0.05, 0.1) is 16.8 Å². The van der Waals surface area contributed by atoms with E-state index in [-0.39, 0.29) is 12.1 Å². The molecule has 2 N–H and O–H groups in total. The first-order valence-corrected chi connectivity index (χ1v) is 8.24. The average Bonchev–Trinajstić information content (AvgIpc) is 2.93. The van der Waals surface area contributed by atoms with E-state index in [0.717, 1.165) is 10.2 Å². The summed E-state index contributed by atoms with van der Waals surface area (Å²) in [6.07, 6.45) is 0. The van der Waals surface area contributed by atoms with Gasteiger partial charge in [0.2, 0.25) is 0 Å². The molecule has 7 heteroatoms. The van der Waals surface area contributed by atoms with E-state index in [0.29, 0.717) is 10.8 Å². The zero-order valence-electron chi connectivity index (χ0n) is 13.3.